The Morgan fingerprint density at radius 2 is 2.12 bits per heavy atom. The molecule has 2 atom stereocenters. The lowest BCUT2D eigenvalue weighted by Crippen LogP contribution is -2.52. The molecule has 26 heavy (non-hydrogen) atoms. The number of para-hydroxylation sites is 1. The van der Waals surface area contributed by atoms with Crippen LogP contribution in [0.2, 0.25) is 0 Å². The molecular weight excluding hydrogens is 336 g/mol. The molecule has 0 saturated carbocycles. The van der Waals surface area contributed by atoms with Crippen molar-refractivity contribution in [1.29, 1.82) is 0 Å². The molecule has 0 aliphatic carbocycles. The molecule has 1 aliphatic rings. The largest absolute Gasteiger partial charge is 0.493 e. The summed E-state index contributed by atoms with van der Waals surface area (Å²) in [6, 6.07) is 6.79. The Labute approximate surface area is 151 Å². The Kier molecular flexibility index (Phi) is 5.85. The summed E-state index contributed by atoms with van der Waals surface area (Å²) in [6.07, 6.45) is 3.83. The van der Waals surface area contributed by atoms with Gasteiger partial charge in [0.05, 0.1) is 38.5 Å². The van der Waals surface area contributed by atoms with Gasteiger partial charge in [0, 0.05) is 12.8 Å². The van der Waals surface area contributed by atoms with E-state index in [1.165, 1.54) is 13.4 Å². The molecule has 2 aromatic rings. The van der Waals surface area contributed by atoms with Gasteiger partial charge in [-0.1, -0.05) is 6.07 Å². The van der Waals surface area contributed by atoms with Crippen molar-refractivity contribution >= 4 is 11.7 Å². The fourth-order valence-electron chi connectivity index (χ4n) is 2.93. The minimum absolute atomic E-state index is 0.0980. The second-order valence-corrected chi connectivity index (χ2v) is 5.83. The fraction of sp³-hybridized carbons (Fsp3) is 0.389. The van der Waals surface area contributed by atoms with Gasteiger partial charge in [-0.25, -0.2) is 9.97 Å². The van der Waals surface area contributed by atoms with Crippen LogP contribution < -0.4 is 20.1 Å². The van der Waals surface area contributed by atoms with Crippen LogP contribution in [0.15, 0.2) is 36.8 Å². The van der Waals surface area contributed by atoms with E-state index >= 15 is 0 Å². The van der Waals surface area contributed by atoms with Crippen molar-refractivity contribution in [3.8, 4) is 11.5 Å². The normalized spacial score (nSPS) is 19.5. The van der Waals surface area contributed by atoms with Gasteiger partial charge >= 0.3 is 0 Å². The first-order valence-electron chi connectivity index (χ1n) is 8.35. The van der Waals surface area contributed by atoms with Crippen LogP contribution >= 0.6 is 0 Å². The maximum atomic E-state index is 12.8. The summed E-state index contributed by atoms with van der Waals surface area (Å²) in [5, 5.41) is 6.36. The summed E-state index contributed by atoms with van der Waals surface area (Å²) in [7, 11) is 3.06. The molecule has 2 N–H and O–H groups in total. The van der Waals surface area contributed by atoms with Crippen LogP contribution in [-0.2, 0) is 4.74 Å². The molecule has 1 aliphatic heterocycles. The standard InChI is InChI=1S/C18H22N4O4/c1-24-15-5-3-4-12(17(15)25-2)18(23)22-13-7-9-26-10-14(13)21-16-6-8-19-11-20-16/h3-6,8,11,13-14H,7,9-10H2,1-2H3,(H,22,23)(H,19,20,21)/t13-,14+/m0/s1. The van der Waals surface area contributed by atoms with E-state index in [0.29, 0.717) is 42.5 Å². The number of rotatable bonds is 6. The monoisotopic (exact) mass is 358 g/mol. The average molecular weight is 358 g/mol. The number of carbonyl (C=O) groups is 1. The Balaban J connectivity index is 1.74. The van der Waals surface area contributed by atoms with E-state index in [-0.39, 0.29) is 18.0 Å². The smallest absolute Gasteiger partial charge is 0.255 e. The molecule has 1 fully saturated rings. The zero-order chi connectivity index (χ0) is 18.4. The molecule has 0 radical (unpaired) electrons. The molecule has 1 amide bonds. The van der Waals surface area contributed by atoms with E-state index < -0.39 is 0 Å². The third-order valence-electron chi connectivity index (χ3n) is 4.24. The molecule has 0 bridgehead atoms. The van der Waals surface area contributed by atoms with Gasteiger partial charge in [-0.15, -0.1) is 0 Å². The van der Waals surface area contributed by atoms with Gasteiger partial charge in [0.1, 0.15) is 12.1 Å². The van der Waals surface area contributed by atoms with Gasteiger partial charge < -0.3 is 24.8 Å². The van der Waals surface area contributed by atoms with E-state index in [9.17, 15) is 4.79 Å². The van der Waals surface area contributed by atoms with E-state index in [0.717, 1.165) is 0 Å². The van der Waals surface area contributed by atoms with Crippen molar-refractivity contribution in [1.82, 2.24) is 15.3 Å². The Bertz CT molecular complexity index is 741. The molecule has 3 rings (SSSR count). The van der Waals surface area contributed by atoms with Gasteiger partial charge in [0.2, 0.25) is 0 Å². The number of ether oxygens (including phenoxy) is 3. The molecule has 0 unspecified atom stereocenters. The lowest BCUT2D eigenvalue weighted by Gasteiger charge is -2.33. The first-order chi connectivity index (χ1) is 12.7. The summed E-state index contributed by atoms with van der Waals surface area (Å²) < 4.78 is 16.2. The van der Waals surface area contributed by atoms with E-state index in [1.54, 1.807) is 37.6 Å². The number of aromatic nitrogens is 2. The number of hydrogen-bond donors (Lipinski definition) is 2. The predicted molar refractivity (Wildman–Crippen MR) is 95.7 cm³/mol. The van der Waals surface area contributed by atoms with Gasteiger partial charge in [-0.3, -0.25) is 4.79 Å². The van der Waals surface area contributed by atoms with Crippen LogP contribution in [0.1, 0.15) is 16.8 Å². The number of nitrogens with one attached hydrogen (secondary N) is 2. The van der Waals surface area contributed by atoms with E-state index in [2.05, 4.69) is 20.6 Å². The topological polar surface area (TPSA) is 94.6 Å². The van der Waals surface area contributed by atoms with Crippen LogP contribution in [-0.4, -0.2) is 55.4 Å². The number of carbonyl (C=O) groups excluding carboxylic acids is 1. The van der Waals surface area contributed by atoms with Crippen LogP contribution in [0.4, 0.5) is 5.82 Å². The highest BCUT2D eigenvalue weighted by Gasteiger charge is 2.29. The van der Waals surface area contributed by atoms with Crippen LogP contribution in [0.3, 0.4) is 0 Å². The number of amides is 1. The predicted octanol–water partition coefficient (Wildman–Crippen LogP) is 1.49. The molecule has 1 saturated heterocycles. The molecule has 1 aromatic carbocycles. The van der Waals surface area contributed by atoms with Gasteiger partial charge in [-0.2, -0.15) is 0 Å². The molecule has 2 heterocycles. The van der Waals surface area contributed by atoms with Crippen LogP contribution in [0, 0.1) is 0 Å². The fourth-order valence-corrected chi connectivity index (χ4v) is 2.93. The minimum atomic E-state index is -0.220. The van der Waals surface area contributed by atoms with Crippen molar-refractivity contribution in [2.45, 2.75) is 18.5 Å². The van der Waals surface area contributed by atoms with Crippen molar-refractivity contribution in [2.24, 2.45) is 0 Å². The first kappa shape index (κ1) is 17.9. The SMILES string of the molecule is COc1cccc(C(=O)N[C@H]2CCOC[C@H]2Nc2ccncn2)c1OC. The highest BCUT2D eigenvalue weighted by atomic mass is 16.5. The Morgan fingerprint density at radius 3 is 2.85 bits per heavy atom. The zero-order valence-corrected chi connectivity index (χ0v) is 14.8. The Morgan fingerprint density at radius 1 is 1.23 bits per heavy atom. The van der Waals surface area contributed by atoms with Gasteiger partial charge in [-0.05, 0) is 24.6 Å². The minimum Gasteiger partial charge on any atom is -0.493 e. The summed E-state index contributed by atoms with van der Waals surface area (Å²) >= 11 is 0. The second kappa shape index (κ2) is 8.48. The third-order valence-corrected chi connectivity index (χ3v) is 4.24. The molecule has 8 heteroatoms. The van der Waals surface area contributed by atoms with E-state index in [4.69, 9.17) is 14.2 Å². The van der Waals surface area contributed by atoms with Crippen LogP contribution in [0.25, 0.3) is 0 Å². The highest BCUT2D eigenvalue weighted by molar-refractivity contribution is 5.98. The average Bonchev–Trinajstić information content (AvgIpc) is 2.69. The number of hydrogen-bond acceptors (Lipinski definition) is 7. The van der Waals surface area contributed by atoms with Crippen molar-refractivity contribution in [3.05, 3.63) is 42.4 Å². The van der Waals surface area contributed by atoms with Crippen molar-refractivity contribution in [2.75, 3.05) is 32.8 Å². The molecule has 8 nitrogen and oxygen atoms in total. The highest BCUT2D eigenvalue weighted by Crippen LogP contribution is 2.30. The molecule has 1 aromatic heterocycles. The Hall–Kier alpha value is -2.87. The van der Waals surface area contributed by atoms with E-state index in [1.807, 2.05) is 0 Å². The quantitative estimate of drug-likeness (QED) is 0.808. The van der Waals surface area contributed by atoms with Crippen molar-refractivity contribution in [3.63, 3.8) is 0 Å². The summed E-state index contributed by atoms with van der Waals surface area (Å²) in [6.45, 7) is 1.06. The maximum Gasteiger partial charge on any atom is 0.255 e. The summed E-state index contributed by atoms with van der Waals surface area (Å²) in [5.74, 6) is 1.40. The van der Waals surface area contributed by atoms with Gasteiger partial charge in [0.25, 0.3) is 5.91 Å². The lowest BCUT2D eigenvalue weighted by atomic mass is 10.0. The molecule has 138 valence electrons. The van der Waals surface area contributed by atoms with Gasteiger partial charge in [0.15, 0.2) is 11.5 Å². The van der Waals surface area contributed by atoms with Crippen molar-refractivity contribution < 1.29 is 19.0 Å². The second-order valence-electron chi connectivity index (χ2n) is 5.83. The maximum absolute atomic E-state index is 12.8. The third kappa shape index (κ3) is 4.02. The number of benzene rings is 1. The van der Waals surface area contributed by atoms with Crippen LogP contribution in [0.5, 0.6) is 11.5 Å². The zero-order valence-electron chi connectivity index (χ0n) is 14.8. The summed E-state index contributed by atoms with van der Waals surface area (Å²) in [5.41, 5.74) is 0.430. The lowest BCUT2D eigenvalue weighted by molar-refractivity contribution is 0.0619. The number of methoxy groups -OCH3 is 2. The molecule has 0 spiro atoms. The number of anilines is 1. The number of nitrogens with zero attached hydrogens (tertiary/aromatic N) is 2. The summed E-state index contributed by atoms with van der Waals surface area (Å²) in [4.78, 5) is 20.9. The molecular formula is C18H22N4O4. The first-order valence-corrected chi connectivity index (χ1v) is 8.35.